The van der Waals surface area contributed by atoms with Gasteiger partial charge in [0.2, 0.25) is 15.9 Å². The highest BCUT2D eigenvalue weighted by molar-refractivity contribution is 7.90. The summed E-state index contributed by atoms with van der Waals surface area (Å²) < 4.78 is 27.0. The van der Waals surface area contributed by atoms with Gasteiger partial charge in [-0.15, -0.1) is 0 Å². The van der Waals surface area contributed by atoms with Gasteiger partial charge in [0.25, 0.3) is 0 Å². The number of nitrogens with zero attached hydrogens (tertiary/aromatic N) is 2. The van der Waals surface area contributed by atoms with Gasteiger partial charge in [0.15, 0.2) is 0 Å². The van der Waals surface area contributed by atoms with E-state index in [1.807, 2.05) is 0 Å². The molecule has 1 amide bonds. The second-order valence-corrected chi connectivity index (χ2v) is 10.4. The molecule has 0 bridgehead atoms. The van der Waals surface area contributed by atoms with Crippen molar-refractivity contribution >= 4 is 15.9 Å². The SMILES string of the molecule is CC(C)NC1CCN(CC(=O)N(C)CCC(C)S(=O)(=O)NC2CC2)CC1. The van der Waals surface area contributed by atoms with Crippen molar-refractivity contribution in [3.63, 3.8) is 0 Å². The van der Waals surface area contributed by atoms with Crippen LogP contribution in [0, 0.1) is 0 Å². The standard InChI is InChI=1S/C18H36N4O3S/c1-14(2)19-16-8-11-22(12-9-16)13-18(23)21(4)10-7-15(3)26(24,25)20-17-5-6-17/h14-17,19-20H,5-13H2,1-4H3. The van der Waals surface area contributed by atoms with E-state index < -0.39 is 15.3 Å². The highest BCUT2D eigenvalue weighted by Gasteiger charge is 2.30. The van der Waals surface area contributed by atoms with Crippen LogP contribution >= 0.6 is 0 Å². The molecule has 2 rings (SSSR count). The number of carbonyl (C=O) groups excluding carboxylic acids is 1. The first-order chi connectivity index (χ1) is 12.2. The number of rotatable bonds is 10. The zero-order valence-electron chi connectivity index (χ0n) is 16.7. The fraction of sp³-hybridized carbons (Fsp3) is 0.944. The molecule has 0 spiro atoms. The molecule has 0 aromatic rings. The van der Waals surface area contributed by atoms with Crippen LogP contribution in [0.2, 0.25) is 0 Å². The Morgan fingerprint density at radius 3 is 2.27 bits per heavy atom. The van der Waals surface area contributed by atoms with Crippen LogP contribution < -0.4 is 10.0 Å². The second kappa shape index (κ2) is 9.48. The molecule has 2 fully saturated rings. The van der Waals surface area contributed by atoms with Gasteiger partial charge in [0, 0.05) is 44.8 Å². The van der Waals surface area contributed by atoms with Gasteiger partial charge in [-0.25, -0.2) is 13.1 Å². The van der Waals surface area contributed by atoms with E-state index in [9.17, 15) is 13.2 Å². The minimum absolute atomic E-state index is 0.0695. The van der Waals surface area contributed by atoms with Gasteiger partial charge >= 0.3 is 0 Å². The number of sulfonamides is 1. The third-order valence-electron chi connectivity index (χ3n) is 5.25. The van der Waals surface area contributed by atoms with Gasteiger partial charge in [-0.05, 0) is 39.0 Å². The maximum Gasteiger partial charge on any atom is 0.236 e. The maximum absolute atomic E-state index is 12.4. The molecular weight excluding hydrogens is 352 g/mol. The molecule has 7 nitrogen and oxygen atoms in total. The fourth-order valence-corrected chi connectivity index (χ4v) is 4.59. The van der Waals surface area contributed by atoms with Gasteiger partial charge < -0.3 is 10.2 Å². The highest BCUT2D eigenvalue weighted by Crippen LogP contribution is 2.21. The lowest BCUT2D eigenvalue weighted by Crippen LogP contribution is -2.48. The van der Waals surface area contributed by atoms with Crippen LogP contribution in [0.25, 0.3) is 0 Å². The average Bonchev–Trinajstić information content (AvgIpc) is 3.36. The summed E-state index contributed by atoms with van der Waals surface area (Å²) in [4.78, 5) is 16.3. The summed E-state index contributed by atoms with van der Waals surface area (Å²) in [5, 5.41) is 3.08. The Hall–Kier alpha value is -0.700. The molecule has 1 aliphatic heterocycles. The predicted molar refractivity (Wildman–Crippen MR) is 105 cm³/mol. The third kappa shape index (κ3) is 7.13. The molecule has 1 aliphatic carbocycles. The lowest BCUT2D eigenvalue weighted by Gasteiger charge is -2.33. The summed E-state index contributed by atoms with van der Waals surface area (Å²) in [6.07, 6.45) is 4.47. The summed E-state index contributed by atoms with van der Waals surface area (Å²) in [6.45, 7) is 8.79. The van der Waals surface area contributed by atoms with Gasteiger partial charge in [-0.1, -0.05) is 13.8 Å². The van der Waals surface area contributed by atoms with Crippen molar-refractivity contribution < 1.29 is 13.2 Å². The van der Waals surface area contributed by atoms with Crippen LogP contribution in [0.15, 0.2) is 0 Å². The number of carbonyl (C=O) groups is 1. The Labute approximate surface area is 158 Å². The van der Waals surface area contributed by atoms with Crippen molar-refractivity contribution in [2.45, 2.75) is 76.3 Å². The summed E-state index contributed by atoms with van der Waals surface area (Å²) in [5.41, 5.74) is 0. The molecule has 0 aromatic heterocycles. The van der Waals surface area contributed by atoms with Crippen molar-refractivity contribution in [2.24, 2.45) is 0 Å². The molecule has 1 saturated carbocycles. The molecule has 8 heteroatoms. The Bertz CT molecular complexity index is 555. The molecule has 1 saturated heterocycles. The fourth-order valence-electron chi connectivity index (χ4n) is 3.25. The van der Waals surface area contributed by atoms with E-state index in [-0.39, 0.29) is 11.9 Å². The number of likely N-dealkylation sites (tertiary alicyclic amines) is 1. The average molecular weight is 389 g/mol. The number of hydrogen-bond donors (Lipinski definition) is 2. The van der Waals surface area contributed by atoms with Crippen molar-refractivity contribution in [1.29, 1.82) is 0 Å². The minimum atomic E-state index is -3.27. The van der Waals surface area contributed by atoms with Crippen molar-refractivity contribution in [3.8, 4) is 0 Å². The van der Waals surface area contributed by atoms with Crippen LogP contribution in [0.3, 0.4) is 0 Å². The van der Waals surface area contributed by atoms with Crippen LogP contribution in [-0.4, -0.2) is 80.7 Å². The quantitative estimate of drug-likeness (QED) is 0.578. The number of nitrogens with one attached hydrogen (secondary N) is 2. The lowest BCUT2D eigenvalue weighted by molar-refractivity contribution is -0.131. The van der Waals surface area contributed by atoms with Crippen molar-refractivity contribution in [1.82, 2.24) is 19.8 Å². The molecule has 2 aliphatic rings. The van der Waals surface area contributed by atoms with Gasteiger partial charge in [0.1, 0.15) is 0 Å². The van der Waals surface area contributed by atoms with Crippen LogP contribution in [0.5, 0.6) is 0 Å². The summed E-state index contributed by atoms with van der Waals surface area (Å²) in [6, 6.07) is 1.17. The monoisotopic (exact) mass is 388 g/mol. The summed E-state index contributed by atoms with van der Waals surface area (Å²) in [7, 11) is -1.50. The smallest absolute Gasteiger partial charge is 0.236 e. The first-order valence-electron chi connectivity index (χ1n) is 9.91. The Morgan fingerprint density at radius 2 is 1.73 bits per heavy atom. The van der Waals surface area contributed by atoms with Crippen LogP contribution in [-0.2, 0) is 14.8 Å². The molecule has 0 aromatic carbocycles. The molecule has 1 heterocycles. The zero-order chi connectivity index (χ0) is 19.3. The first kappa shape index (κ1) is 21.6. The van der Waals surface area contributed by atoms with Gasteiger partial charge in [0.05, 0.1) is 11.8 Å². The van der Waals surface area contributed by atoms with E-state index in [2.05, 4.69) is 28.8 Å². The summed E-state index contributed by atoms with van der Waals surface area (Å²) in [5.74, 6) is 0.0695. The van der Waals surface area contributed by atoms with E-state index in [4.69, 9.17) is 0 Å². The van der Waals surface area contributed by atoms with Crippen LogP contribution in [0.1, 0.15) is 52.9 Å². The normalized spacial score (nSPS) is 21.1. The molecule has 26 heavy (non-hydrogen) atoms. The molecule has 0 radical (unpaired) electrons. The Balaban J connectivity index is 1.67. The highest BCUT2D eigenvalue weighted by atomic mass is 32.2. The van der Waals surface area contributed by atoms with Gasteiger partial charge in [-0.2, -0.15) is 0 Å². The maximum atomic E-state index is 12.4. The molecule has 1 unspecified atom stereocenters. The van der Waals surface area contributed by atoms with E-state index in [1.165, 1.54) is 0 Å². The number of likely N-dealkylation sites (N-methyl/N-ethyl adjacent to an activating group) is 1. The second-order valence-electron chi connectivity index (χ2n) is 8.22. The lowest BCUT2D eigenvalue weighted by atomic mass is 10.0. The Morgan fingerprint density at radius 1 is 1.12 bits per heavy atom. The predicted octanol–water partition coefficient (Wildman–Crippen LogP) is 0.768. The van der Waals surface area contributed by atoms with E-state index in [1.54, 1.807) is 18.9 Å². The van der Waals surface area contributed by atoms with Gasteiger partial charge in [-0.3, -0.25) is 9.69 Å². The van der Waals surface area contributed by atoms with Crippen molar-refractivity contribution in [3.05, 3.63) is 0 Å². The number of piperidine rings is 1. The van der Waals surface area contributed by atoms with E-state index >= 15 is 0 Å². The molecular formula is C18H36N4O3S. The minimum Gasteiger partial charge on any atom is -0.345 e. The molecule has 1 atom stereocenters. The van der Waals surface area contributed by atoms with Crippen LogP contribution in [0.4, 0.5) is 0 Å². The molecule has 152 valence electrons. The third-order valence-corrected chi connectivity index (χ3v) is 7.21. The topological polar surface area (TPSA) is 81.8 Å². The molecule has 2 N–H and O–H groups in total. The van der Waals surface area contributed by atoms with Crippen molar-refractivity contribution in [2.75, 3.05) is 33.2 Å². The van der Waals surface area contributed by atoms with E-state index in [0.717, 1.165) is 38.8 Å². The Kier molecular flexibility index (Phi) is 7.88. The summed E-state index contributed by atoms with van der Waals surface area (Å²) >= 11 is 0. The zero-order valence-corrected chi connectivity index (χ0v) is 17.5. The first-order valence-corrected chi connectivity index (χ1v) is 11.5. The number of amides is 1. The van der Waals surface area contributed by atoms with E-state index in [0.29, 0.717) is 31.6 Å². The number of hydrogen-bond acceptors (Lipinski definition) is 5. The largest absolute Gasteiger partial charge is 0.345 e.